The van der Waals surface area contributed by atoms with Crippen LogP contribution >= 0.6 is 15.9 Å². The molecule has 1 aromatic rings. The van der Waals surface area contributed by atoms with Crippen molar-refractivity contribution < 1.29 is 9.47 Å². The number of benzene rings is 1. The molecule has 1 aromatic carbocycles. The SMILES string of the molecule is NC/C=C/c1c(Br)ccc2c1COCO2. The first-order valence-corrected chi connectivity index (χ1v) is 5.50. The predicted octanol–water partition coefficient (Wildman–Crippen LogP) is 2.29. The predicted molar refractivity (Wildman–Crippen MR) is 62.5 cm³/mol. The maximum Gasteiger partial charge on any atom is 0.189 e. The average Bonchev–Trinajstić information content (AvgIpc) is 2.28. The highest BCUT2D eigenvalue weighted by Gasteiger charge is 2.15. The highest BCUT2D eigenvalue weighted by atomic mass is 79.9. The van der Waals surface area contributed by atoms with Gasteiger partial charge in [0.2, 0.25) is 0 Å². The van der Waals surface area contributed by atoms with E-state index in [0.717, 1.165) is 21.3 Å². The number of ether oxygens (including phenoxy) is 2. The van der Waals surface area contributed by atoms with Crippen LogP contribution in [0.5, 0.6) is 5.75 Å². The Morgan fingerprint density at radius 2 is 2.33 bits per heavy atom. The second-order valence-corrected chi connectivity index (χ2v) is 4.04. The summed E-state index contributed by atoms with van der Waals surface area (Å²) in [5.41, 5.74) is 7.59. The summed E-state index contributed by atoms with van der Waals surface area (Å²) in [6.07, 6.45) is 3.90. The van der Waals surface area contributed by atoms with Crippen LogP contribution in [-0.2, 0) is 11.3 Å². The summed E-state index contributed by atoms with van der Waals surface area (Å²) >= 11 is 3.50. The molecule has 0 radical (unpaired) electrons. The summed E-state index contributed by atoms with van der Waals surface area (Å²) in [6, 6.07) is 3.92. The fourth-order valence-electron chi connectivity index (χ4n) is 1.52. The van der Waals surface area contributed by atoms with Gasteiger partial charge in [0, 0.05) is 16.6 Å². The van der Waals surface area contributed by atoms with Crippen molar-refractivity contribution in [2.45, 2.75) is 6.61 Å². The molecule has 0 fully saturated rings. The van der Waals surface area contributed by atoms with Crippen molar-refractivity contribution in [3.8, 4) is 5.75 Å². The van der Waals surface area contributed by atoms with Gasteiger partial charge in [-0.3, -0.25) is 0 Å². The third-order valence-corrected chi connectivity index (χ3v) is 2.92. The maximum atomic E-state index is 5.44. The topological polar surface area (TPSA) is 44.5 Å². The number of hydrogen-bond acceptors (Lipinski definition) is 3. The molecule has 1 heterocycles. The normalized spacial score (nSPS) is 15.1. The van der Waals surface area contributed by atoms with Gasteiger partial charge in [-0.05, 0) is 17.7 Å². The summed E-state index contributed by atoms with van der Waals surface area (Å²) in [4.78, 5) is 0. The summed E-state index contributed by atoms with van der Waals surface area (Å²) in [5, 5.41) is 0. The van der Waals surface area contributed by atoms with Gasteiger partial charge in [-0.1, -0.05) is 28.1 Å². The lowest BCUT2D eigenvalue weighted by atomic mass is 10.1. The molecule has 2 N–H and O–H groups in total. The minimum atomic E-state index is 0.328. The molecule has 0 spiro atoms. The zero-order chi connectivity index (χ0) is 10.7. The smallest absolute Gasteiger partial charge is 0.189 e. The monoisotopic (exact) mass is 269 g/mol. The van der Waals surface area contributed by atoms with Gasteiger partial charge in [-0.25, -0.2) is 0 Å². The van der Waals surface area contributed by atoms with Crippen LogP contribution in [0.3, 0.4) is 0 Å². The van der Waals surface area contributed by atoms with E-state index in [1.54, 1.807) is 0 Å². The van der Waals surface area contributed by atoms with Gasteiger partial charge in [0.25, 0.3) is 0 Å². The maximum absolute atomic E-state index is 5.44. The molecule has 0 aliphatic carbocycles. The molecule has 3 nitrogen and oxygen atoms in total. The molecule has 0 aromatic heterocycles. The molecule has 0 atom stereocenters. The summed E-state index contributed by atoms with van der Waals surface area (Å²) in [6.45, 7) is 1.44. The summed E-state index contributed by atoms with van der Waals surface area (Å²) in [7, 11) is 0. The molecule has 1 aliphatic heterocycles. The van der Waals surface area contributed by atoms with E-state index in [1.807, 2.05) is 24.3 Å². The first-order chi connectivity index (χ1) is 7.33. The Kier molecular flexibility index (Phi) is 3.41. The summed E-state index contributed by atoms with van der Waals surface area (Å²) in [5.74, 6) is 0.890. The quantitative estimate of drug-likeness (QED) is 0.896. The van der Waals surface area contributed by atoms with Crippen LogP contribution in [0, 0.1) is 0 Å². The molecule has 0 saturated carbocycles. The van der Waals surface area contributed by atoms with E-state index >= 15 is 0 Å². The van der Waals surface area contributed by atoms with E-state index in [2.05, 4.69) is 15.9 Å². The minimum absolute atomic E-state index is 0.328. The van der Waals surface area contributed by atoms with Gasteiger partial charge in [0.1, 0.15) is 5.75 Å². The van der Waals surface area contributed by atoms with Crippen molar-refractivity contribution in [2.24, 2.45) is 5.73 Å². The van der Waals surface area contributed by atoms with Crippen LogP contribution < -0.4 is 10.5 Å². The fraction of sp³-hybridized carbons (Fsp3) is 0.273. The van der Waals surface area contributed by atoms with E-state index in [9.17, 15) is 0 Å². The molecule has 0 unspecified atom stereocenters. The largest absolute Gasteiger partial charge is 0.467 e. The van der Waals surface area contributed by atoms with Crippen LogP contribution in [0.15, 0.2) is 22.7 Å². The number of nitrogens with two attached hydrogens (primary N) is 1. The minimum Gasteiger partial charge on any atom is -0.467 e. The fourth-order valence-corrected chi connectivity index (χ4v) is 2.02. The molecule has 4 heteroatoms. The third kappa shape index (κ3) is 2.22. The van der Waals surface area contributed by atoms with Gasteiger partial charge < -0.3 is 15.2 Å². The standard InChI is InChI=1S/C11H12BrNO2/c12-10-3-4-11-9(6-14-7-15-11)8(10)2-1-5-13/h1-4H,5-7,13H2/b2-1+. The van der Waals surface area contributed by atoms with Crippen molar-refractivity contribution in [1.29, 1.82) is 0 Å². The van der Waals surface area contributed by atoms with Crippen molar-refractivity contribution >= 4 is 22.0 Å². The number of halogens is 1. The molecule has 80 valence electrons. The molecule has 1 aliphatic rings. The second-order valence-electron chi connectivity index (χ2n) is 3.19. The van der Waals surface area contributed by atoms with E-state index in [0.29, 0.717) is 19.9 Å². The van der Waals surface area contributed by atoms with Gasteiger partial charge in [-0.2, -0.15) is 0 Å². The molecular weight excluding hydrogens is 258 g/mol. The average molecular weight is 270 g/mol. The van der Waals surface area contributed by atoms with E-state index in [-0.39, 0.29) is 0 Å². The number of hydrogen-bond donors (Lipinski definition) is 1. The Morgan fingerprint density at radius 1 is 1.47 bits per heavy atom. The number of rotatable bonds is 2. The van der Waals surface area contributed by atoms with Crippen molar-refractivity contribution in [3.05, 3.63) is 33.8 Å². The molecule has 0 amide bonds. The van der Waals surface area contributed by atoms with Gasteiger partial charge in [0.05, 0.1) is 6.61 Å². The lowest BCUT2D eigenvalue weighted by molar-refractivity contribution is -0.0165. The van der Waals surface area contributed by atoms with Crippen LogP contribution in [0.25, 0.3) is 6.08 Å². The van der Waals surface area contributed by atoms with E-state index in [4.69, 9.17) is 15.2 Å². The molecule has 2 rings (SSSR count). The number of fused-ring (bicyclic) bond motifs is 1. The Hall–Kier alpha value is -0.840. The molecule has 15 heavy (non-hydrogen) atoms. The Balaban J connectivity index is 2.45. The van der Waals surface area contributed by atoms with E-state index < -0.39 is 0 Å². The lowest BCUT2D eigenvalue weighted by Crippen LogP contribution is -2.12. The van der Waals surface area contributed by atoms with Gasteiger partial charge in [0.15, 0.2) is 6.79 Å². The van der Waals surface area contributed by atoms with Crippen LogP contribution in [0.2, 0.25) is 0 Å². The first-order valence-electron chi connectivity index (χ1n) is 4.71. The third-order valence-electron chi connectivity index (χ3n) is 2.23. The first kappa shape index (κ1) is 10.7. The van der Waals surface area contributed by atoms with Gasteiger partial charge in [-0.15, -0.1) is 0 Å². The lowest BCUT2D eigenvalue weighted by Gasteiger charge is -2.20. The van der Waals surface area contributed by atoms with Crippen molar-refractivity contribution in [3.63, 3.8) is 0 Å². The second kappa shape index (κ2) is 4.79. The zero-order valence-electron chi connectivity index (χ0n) is 8.20. The molecule has 0 bridgehead atoms. The van der Waals surface area contributed by atoms with Crippen LogP contribution in [0.4, 0.5) is 0 Å². The van der Waals surface area contributed by atoms with Crippen LogP contribution in [0.1, 0.15) is 11.1 Å². The van der Waals surface area contributed by atoms with Crippen molar-refractivity contribution in [2.75, 3.05) is 13.3 Å². The Labute approximate surface area is 97.0 Å². The van der Waals surface area contributed by atoms with Crippen LogP contribution in [-0.4, -0.2) is 13.3 Å². The molecule has 0 saturated heterocycles. The van der Waals surface area contributed by atoms with Crippen molar-refractivity contribution in [1.82, 2.24) is 0 Å². The molecular formula is C11H12BrNO2. The Bertz CT molecular complexity index is 390. The van der Waals surface area contributed by atoms with Gasteiger partial charge >= 0.3 is 0 Å². The highest BCUT2D eigenvalue weighted by Crippen LogP contribution is 2.32. The van der Waals surface area contributed by atoms with E-state index in [1.165, 1.54) is 0 Å². The summed E-state index contributed by atoms with van der Waals surface area (Å²) < 4.78 is 11.7. The zero-order valence-corrected chi connectivity index (χ0v) is 9.79. The Morgan fingerprint density at radius 3 is 3.13 bits per heavy atom. The highest BCUT2D eigenvalue weighted by molar-refractivity contribution is 9.10.